The van der Waals surface area contributed by atoms with Gasteiger partial charge in [0.1, 0.15) is 0 Å². The summed E-state index contributed by atoms with van der Waals surface area (Å²) in [5.74, 6) is 0.459. The van der Waals surface area contributed by atoms with Gasteiger partial charge in [0, 0.05) is 44.1 Å². The van der Waals surface area contributed by atoms with Crippen LogP contribution < -0.4 is 15.8 Å². The first-order chi connectivity index (χ1) is 11.6. The van der Waals surface area contributed by atoms with Gasteiger partial charge in [0.05, 0.1) is 5.69 Å². The average molecular weight is 331 g/mol. The van der Waals surface area contributed by atoms with Crippen LogP contribution in [-0.4, -0.2) is 39.7 Å². The molecule has 8 nitrogen and oxygen atoms in total. The van der Waals surface area contributed by atoms with Crippen LogP contribution in [0.1, 0.15) is 36.0 Å². The van der Waals surface area contributed by atoms with Gasteiger partial charge in [-0.3, -0.25) is 9.59 Å². The number of piperidine rings is 1. The van der Waals surface area contributed by atoms with Gasteiger partial charge in [-0.1, -0.05) is 5.16 Å². The molecule has 0 aromatic carbocycles. The number of nitrogens with zero attached hydrogens (tertiary/aromatic N) is 4. The van der Waals surface area contributed by atoms with Gasteiger partial charge >= 0.3 is 0 Å². The normalized spacial score (nSPS) is 15.5. The highest BCUT2D eigenvalue weighted by Crippen LogP contribution is 2.15. The van der Waals surface area contributed by atoms with E-state index in [9.17, 15) is 9.59 Å². The fraction of sp³-hybridized carbons (Fsp3) is 0.500. The molecule has 0 atom stereocenters. The Labute approximate surface area is 139 Å². The van der Waals surface area contributed by atoms with Crippen LogP contribution in [0.25, 0.3) is 0 Å². The first-order valence-electron chi connectivity index (χ1n) is 8.13. The van der Waals surface area contributed by atoms with Crippen LogP contribution in [0.2, 0.25) is 0 Å². The molecule has 0 radical (unpaired) electrons. The van der Waals surface area contributed by atoms with Crippen LogP contribution in [0.15, 0.2) is 27.8 Å². The molecule has 3 rings (SSSR count). The number of nitrogens with one attached hydrogen (secondary N) is 1. The predicted molar refractivity (Wildman–Crippen MR) is 88.1 cm³/mol. The van der Waals surface area contributed by atoms with Gasteiger partial charge in [0.25, 0.3) is 11.5 Å². The van der Waals surface area contributed by atoms with E-state index in [0.29, 0.717) is 31.1 Å². The lowest BCUT2D eigenvalue weighted by molar-refractivity contribution is 0.0893. The van der Waals surface area contributed by atoms with E-state index >= 15 is 0 Å². The van der Waals surface area contributed by atoms with Crippen molar-refractivity contribution in [2.75, 3.05) is 18.0 Å². The van der Waals surface area contributed by atoms with Crippen molar-refractivity contribution in [3.8, 4) is 0 Å². The molecule has 1 aliphatic heterocycles. The highest BCUT2D eigenvalue weighted by Gasteiger charge is 2.24. The highest BCUT2D eigenvalue weighted by molar-refractivity contribution is 5.91. The number of hydrogen-bond acceptors (Lipinski definition) is 6. The van der Waals surface area contributed by atoms with E-state index in [2.05, 4.69) is 15.5 Å². The molecule has 0 aliphatic carbocycles. The second-order valence-electron chi connectivity index (χ2n) is 5.91. The Morgan fingerprint density at radius 3 is 2.79 bits per heavy atom. The van der Waals surface area contributed by atoms with Crippen LogP contribution in [0, 0.1) is 6.92 Å². The summed E-state index contributed by atoms with van der Waals surface area (Å²) in [6.45, 7) is 5.68. The molecule has 8 heteroatoms. The summed E-state index contributed by atoms with van der Waals surface area (Å²) in [6, 6.07) is 1.67. The SMILES string of the molecule is CCn1ccnc(N2CCC(NC(=O)c3cc(C)no3)CC2)c1=O. The minimum Gasteiger partial charge on any atom is -0.352 e. The van der Waals surface area contributed by atoms with Gasteiger partial charge < -0.3 is 19.3 Å². The monoisotopic (exact) mass is 331 g/mol. The second-order valence-corrected chi connectivity index (χ2v) is 5.91. The third kappa shape index (κ3) is 3.32. The first kappa shape index (κ1) is 16.2. The Bertz CT molecular complexity index is 774. The van der Waals surface area contributed by atoms with Crippen molar-refractivity contribution >= 4 is 11.7 Å². The van der Waals surface area contributed by atoms with Gasteiger partial charge in [-0.2, -0.15) is 0 Å². The Hall–Kier alpha value is -2.64. The number of anilines is 1. The van der Waals surface area contributed by atoms with Crippen LogP contribution in [0.3, 0.4) is 0 Å². The number of aromatic nitrogens is 3. The molecule has 0 saturated carbocycles. The molecule has 2 aromatic heterocycles. The first-order valence-corrected chi connectivity index (χ1v) is 8.13. The Kier molecular flexibility index (Phi) is 4.64. The smallest absolute Gasteiger partial charge is 0.293 e. The molecule has 128 valence electrons. The maximum atomic E-state index is 12.3. The van der Waals surface area contributed by atoms with Crippen LogP contribution >= 0.6 is 0 Å². The molecular weight excluding hydrogens is 310 g/mol. The molecule has 2 aromatic rings. The third-order valence-corrected chi connectivity index (χ3v) is 4.22. The van der Waals surface area contributed by atoms with E-state index in [4.69, 9.17) is 4.52 Å². The maximum absolute atomic E-state index is 12.3. The van der Waals surface area contributed by atoms with Crippen LogP contribution in [0.4, 0.5) is 5.82 Å². The molecule has 1 N–H and O–H groups in total. The lowest BCUT2D eigenvalue weighted by Crippen LogP contribution is -2.46. The fourth-order valence-electron chi connectivity index (χ4n) is 2.86. The summed E-state index contributed by atoms with van der Waals surface area (Å²) >= 11 is 0. The number of rotatable bonds is 4. The van der Waals surface area contributed by atoms with Gasteiger partial charge in [-0.05, 0) is 26.7 Å². The molecule has 0 spiro atoms. The van der Waals surface area contributed by atoms with Crippen LogP contribution in [-0.2, 0) is 6.54 Å². The number of carbonyl (C=O) groups is 1. The summed E-state index contributed by atoms with van der Waals surface area (Å²) in [5, 5.41) is 6.67. The van der Waals surface area contributed by atoms with E-state index in [1.165, 1.54) is 0 Å². The van der Waals surface area contributed by atoms with Gasteiger partial charge in [-0.15, -0.1) is 0 Å². The van der Waals surface area contributed by atoms with Crippen molar-refractivity contribution in [1.29, 1.82) is 0 Å². The summed E-state index contributed by atoms with van der Waals surface area (Å²) in [4.78, 5) is 30.6. The largest absolute Gasteiger partial charge is 0.352 e. The van der Waals surface area contributed by atoms with E-state index in [1.807, 2.05) is 11.8 Å². The van der Waals surface area contributed by atoms with Gasteiger partial charge in [0.15, 0.2) is 5.82 Å². The zero-order valence-corrected chi connectivity index (χ0v) is 13.9. The molecule has 3 heterocycles. The summed E-state index contributed by atoms with van der Waals surface area (Å²) < 4.78 is 6.61. The molecular formula is C16H21N5O3. The molecule has 1 amide bonds. The van der Waals surface area contributed by atoms with Crippen molar-refractivity contribution in [3.05, 3.63) is 40.3 Å². The van der Waals surface area contributed by atoms with Gasteiger partial charge in [0.2, 0.25) is 5.76 Å². The minimum absolute atomic E-state index is 0.0521. The molecule has 24 heavy (non-hydrogen) atoms. The third-order valence-electron chi connectivity index (χ3n) is 4.22. The standard InChI is InChI=1S/C16H21N5O3/c1-3-20-9-6-17-14(16(20)23)21-7-4-12(5-8-21)18-15(22)13-10-11(2)19-24-13/h6,9-10,12H,3-5,7-8H2,1-2H3,(H,18,22). The fourth-order valence-corrected chi connectivity index (χ4v) is 2.86. The zero-order chi connectivity index (χ0) is 17.1. The Morgan fingerprint density at radius 2 is 2.17 bits per heavy atom. The van der Waals surface area contributed by atoms with Gasteiger partial charge in [-0.25, -0.2) is 4.98 Å². The molecule has 1 aliphatic rings. The van der Waals surface area contributed by atoms with E-state index in [1.54, 1.807) is 30.0 Å². The molecule has 0 bridgehead atoms. The molecule has 0 unspecified atom stereocenters. The maximum Gasteiger partial charge on any atom is 0.293 e. The second kappa shape index (κ2) is 6.86. The Balaban J connectivity index is 1.60. The molecule has 1 fully saturated rings. The molecule has 1 saturated heterocycles. The Morgan fingerprint density at radius 1 is 1.42 bits per heavy atom. The quantitative estimate of drug-likeness (QED) is 0.897. The average Bonchev–Trinajstić information content (AvgIpc) is 3.03. The van der Waals surface area contributed by atoms with E-state index in [0.717, 1.165) is 12.8 Å². The summed E-state index contributed by atoms with van der Waals surface area (Å²) in [6.07, 6.45) is 4.85. The number of carbonyl (C=O) groups excluding carboxylic acids is 1. The summed E-state index contributed by atoms with van der Waals surface area (Å²) in [7, 11) is 0. The number of hydrogen-bond donors (Lipinski definition) is 1. The van der Waals surface area contributed by atoms with E-state index in [-0.39, 0.29) is 23.3 Å². The van der Waals surface area contributed by atoms with Crippen molar-refractivity contribution in [2.24, 2.45) is 0 Å². The highest BCUT2D eigenvalue weighted by atomic mass is 16.5. The zero-order valence-electron chi connectivity index (χ0n) is 13.9. The number of amides is 1. The number of aryl methyl sites for hydroxylation is 2. The van der Waals surface area contributed by atoms with E-state index < -0.39 is 0 Å². The lowest BCUT2D eigenvalue weighted by atomic mass is 10.0. The topological polar surface area (TPSA) is 93.3 Å². The lowest BCUT2D eigenvalue weighted by Gasteiger charge is -2.32. The van der Waals surface area contributed by atoms with Crippen molar-refractivity contribution in [1.82, 2.24) is 20.0 Å². The summed E-state index contributed by atoms with van der Waals surface area (Å²) in [5.41, 5.74) is 0.608. The van der Waals surface area contributed by atoms with Crippen LogP contribution in [0.5, 0.6) is 0 Å². The van der Waals surface area contributed by atoms with Crippen molar-refractivity contribution in [3.63, 3.8) is 0 Å². The van der Waals surface area contributed by atoms with Crippen molar-refractivity contribution in [2.45, 2.75) is 39.3 Å². The predicted octanol–water partition coefficient (Wildman–Crippen LogP) is 0.958. The van der Waals surface area contributed by atoms with Crippen molar-refractivity contribution < 1.29 is 9.32 Å². The minimum atomic E-state index is -0.250.